The molecule has 42 heavy (non-hydrogen) atoms. The maximum Gasteiger partial charge on any atom is 0.220 e. The summed E-state index contributed by atoms with van der Waals surface area (Å²) in [5.74, 6) is -0.0359. The van der Waals surface area contributed by atoms with Crippen molar-refractivity contribution < 1.29 is 15.0 Å². The highest BCUT2D eigenvalue weighted by Crippen LogP contribution is 2.15. The van der Waals surface area contributed by atoms with Crippen LogP contribution in [0.2, 0.25) is 0 Å². The molecule has 2 atom stereocenters. The van der Waals surface area contributed by atoms with E-state index < -0.39 is 12.1 Å². The molecule has 4 heteroatoms. The molecule has 0 heterocycles. The van der Waals surface area contributed by atoms with Crippen molar-refractivity contribution in [3.63, 3.8) is 0 Å². The monoisotopic (exact) mass is 594 g/mol. The lowest BCUT2D eigenvalue weighted by atomic mass is 10.0. The van der Waals surface area contributed by atoms with Crippen molar-refractivity contribution in [1.29, 1.82) is 0 Å². The van der Waals surface area contributed by atoms with E-state index in [1.807, 2.05) is 0 Å². The first-order chi connectivity index (χ1) is 20.7. The summed E-state index contributed by atoms with van der Waals surface area (Å²) in [6.07, 6.45) is 41.2. The molecule has 0 rings (SSSR count). The van der Waals surface area contributed by atoms with E-state index >= 15 is 0 Å². The molecule has 0 spiro atoms. The second-order valence-corrected chi connectivity index (χ2v) is 13.0. The van der Waals surface area contributed by atoms with Crippen LogP contribution in [0.3, 0.4) is 0 Å². The van der Waals surface area contributed by atoms with E-state index in [4.69, 9.17) is 0 Å². The van der Waals surface area contributed by atoms with E-state index in [9.17, 15) is 15.0 Å². The summed E-state index contributed by atoms with van der Waals surface area (Å²) in [4.78, 5) is 12.3. The number of allylic oxidation sites excluding steroid dienone is 2. The third-order valence-electron chi connectivity index (χ3n) is 8.78. The van der Waals surface area contributed by atoms with Crippen molar-refractivity contribution in [2.75, 3.05) is 6.61 Å². The molecule has 0 unspecified atom stereocenters. The van der Waals surface area contributed by atoms with Gasteiger partial charge in [0, 0.05) is 6.42 Å². The number of carbonyl (C=O) groups excluding carboxylic acids is 1. The van der Waals surface area contributed by atoms with Crippen LogP contribution in [0, 0.1) is 0 Å². The average molecular weight is 594 g/mol. The first kappa shape index (κ1) is 41.1. The van der Waals surface area contributed by atoms with Crippen molar-refractivity contribution in [1.82, 2.24) is 5.32 Å². The Hall–Kier alpha value is -0.870. The molecule has 4 nitrogen and oxygen atoms in total. The van der Waals surface area contributed by atoms with Crippen LogP contribution in [-0.4, -0.2) is 34.9 Å². The van der Waals surface area contributed by atoms with Crippen molar-refractivity contribution in [3.8, 4) is 0 Å². The normalized spacial score (nSPS) is 13.1. The third kappa shape index (κ3) is 30.6. The highest BCUT2D eigenvalue weighted by Gasteiger charge is 2.19. The molecule has 0 radical (unpaired) electrons. The van der Waals surface area contributed by atoms with Gasteiger partial charge in [0.05, 0.1) is 18.8 Å². The van der Waals surface area contributed by atoms with E-state index in [1.165, 1.54) is 154 Å². The van der Waals surface area contributed by atoms with Crippen LogP contribution in [0.1, 0.15) is 206 Å². The lowest BCUT2D eigenvalue weighted by Gasteiger charge is -2.22. The zero-order chi connectivity index (χ0) is 30.8. The number of nitrogens with one attached hydrogen (secondary N) is 1. The molecule has 0 bridgehead atoms. The fraction of sp³-hybridized carbons (Fsp3) is 0.921. The van der Waals surface area contributed by atoms with Crippen LogP contribution >= 0.6 is 0 Å². The van der Waals surface area contributed by atoms with Crippen LogP contribution in [0.25, 0.3) is 0 Å². The summed E-state index contributed by atoms with van der Waals surface area (Å²) in [7, 11) is 0. The number of carbonyl (C=O) groups is 1. The Morgan fingerprint density at radius 2 is 0.905 bits per heavy atom. The topological polar surface area (TPSA) is 69.6 Å². The van der Waals surface area contributed by atoms with E-state index in [2.05, 4.69) is 31.3 Å². The molecule has 0 fully saturated rings. The molecule has 0 aromatic rings. The van der Waals surface area contributed by atoms with Gasteiger partial charge in [-0.1, -0.05) is 174 Å². The maximum absolute atomic E-state index is 12.3. The van der Waals surface area contributed by atoms with Crippen molar-refractivity contribution in [3.05, 3.63) is 12.2 Å². The van der Waals surface area contributed by atoms with Crippen LogP contribution in [0.15, 0.2) is 12.2 Å². The Balaban J connectivity index is 3.55. The highest BCUT2D eigenvalue weighted by atomic mass is 16.3. The van der Waals surface area contributed by atoms with Gasteiger partial charge in [-0.05, 0) is 38.5 Å². The molecule has 0 saturated carbocycles. The summed E-state index contributed by atoms with van der Waals surface area (Å²) in [6, 6.07) is -0.533. The zero-order valence-electron chi connectivity index (χ0n) is 28.5. The molecule has 0 aromatic heterocycles. The Labute approximate surface area is 263 Å². The quantitative estimate of drug-likeness (QED) is 0.0513. The molecule has 0 aliphatic heterocycles. The lowest BCUT2D eigenvalue weighted by molar-refractivity contribution is -0.123. The Bertz CT molecular complexity index is 565. The number of rotatable bonds is 34. The summed E-state index contributed by atoms with van der Waals surface area (Å²) in [6.45, 7) is 4.35. The number of unbranched alkanes of at least 4 members (excludes halogenated alkanes) is 25. The Morgan fingerprint density at radius 1 is 0.548 bits per heavy atom. The number of hydrogen-bond donors (Lipinski definition) is 3. The smallest absolute Gasteiger partial charge is 0.220 e. The largest absolute Gasteiger partial charge is 0.394 e. The minimum Gasteiger partial charge on any atom is -0.394 e. The molecule has 0 aromatic carbocycles. The Morgan fingerprint density at radius 3 is 1.31 bits per heavy atom. The van der Waals surface area contributed by atoms with Gasteiger partial charge in [0.1, 0.15) is 0 Å². The fourth-order valence-corrected chi connectivity index (χ4v) is 5.82. The second-order valence-electron chi connectivity index (χ2n) is 13.0. The number of aliphatic hydroxyl groups is 2. The molecular formula is C38H75NO3. The molecule has 1 amide bonds. The summed E-state index contributed by atoms with van der Waals surface area (Å²) in [5.41, 5.74) is 0. The summed E-state index contributed by atoms with van der Waals surface area (Å²) in [5, 5.41) is 23.0. The number of amides is 1. The second kappa shape index (κ2) is 34.6. The standard InChI is InChI=1S/C38H75NO3/c1-3-5-7-9-11-13-15-17-18-19-20-22-24-26-28-30-32-34-38(42)39-36(35-40)37(41)33-31-29-27-25-23-21-16-14-12-10-8-6-4-2/h17-18,36-37,40-41H,3-16,19-35H2,1-2H3,(H,39,42)/b18-17+/t36-,37+/m0/s1. The van der Waals surface area contributed by atoms with Gasteiger partial charge in [-0.25, -0.2) is 0 Å². The van der Waals surface area contributed by atoms with Crippen LogP contribution in [-0.2, 0) is 4.79 Å². The van der Waals surface area contributed by atoms with Crippen molar-refractivity contribution >= 4 is 5.91 Å². The van der Waals surface area contributed by atoms with Gasteiger partial charge in [0.2, 0.25) is 5.91 Å². The van der Waals surface area contributed by atoms with Crippen molar-refractivity contribution in [2.24, 2.45) is 0 Å². The predicted molar refractivity (Wildman–Crippen MR) is 184 cm³/mol. The predicted octanol–water partition coefficient (Wildman–Crippen LogP) is 11.1. The van der Waals surface area contributed by atoms with Gasteiger partial charge in [-0.2, -0.15) is 0 Å². The molecule has 0 saturated heterocycles. The van der Waals surface area contributed by atoms with Gasteiger partial charge < -0.3 is 15.5 Å². The first-order valence-electron chi connectivity index (χ1n) is 18.9. The molecule has 0 aliphatic rings. The van der Waals surface area contributed by atoms with Gasteiger partial charge in [-0.15, -0.1) is 0 Å². The zero-order valence-corrected chi connectivity index (χ0v) is 28.5. The minimum absolute atomic E-state index is 0.0359. The van der Waals surface area contributed by atoms with Crippen LogP contribution in [0.4, 0.5) is 0 Å². The van der Waals surface area contributed by atoms with Crippen LogP contribution < -0.4 is 5.32 Å². The minimum atomic E-state index is -0.656. The van der Waals surface area contributed by atoms with E-state index in [-0.39, 0.29) is 12.5 Å². The third-order valence-corrected chi connectivity index (χ3v) is 8.78. The SMILES string of the molecule is CCCCCCCC/C=C/CCCCCCCCCC(=O)N[C@@H](CO)[C@H](O)CCCCCCCCCCCCCCC. The van der Waals surface area contributed by atoms with E-state index in [0.29, 0.717) is 12.8 Å². The Kier molecular flexibility index (Phi) is 33.9. The molecule has 3 N–H and O–H groups in total. The molecular weight excluding hydrogens is 518 g/mol. The van der Waals surface area contributed by atoms with Gasteiger partial charge in [-0.3, -0.25) is 4.79 Å². The fourth-order valence-electron chi connectivity index (χ4n) is 5.82. The van der Waals surface area contributed by atoms with Gasteiger partial charge >= 0.3 is 0 Å². The van der Waals surface area contributed by atoms with Crippen LogP contribution in [0.5, 0.6) is 0 Å². The number of aliphatic hydroxyl groups excluding tert-OH is 2. The summed E-state index contributed by atoms with van der Waals surface area (Å²) < 4.78 is 0. The first-order valence-corrected chi connectivity index (χ1v) is 18.9. The van der Waals surface area contributed by atoms with Gasteiger partial charge in [0.25, 0.3) is 0 Å². The molecule has 250 valence electrons. The summed E-state index contributed by atoms with van der Waals surface area (Å²) >= 11 is 0. The van der Waals surface area contributed by atoms with E-state index in [1.54, 1.807) is 0 Å². The van der Waals surface area contributed by atoms with E-state index in [0.717, 1.165) is 25.7 Å². The van der Waals surface area contributed by atoms with Crippen molar-refractivity contribution in [2.45, 2.75) is 219 Å². The molecule has 0 aliphatic carbocycles. The average Bonchev–Trinajstić information content (AvgIpc) is 2.99. The van der Waals surface area contributed by atoms with Gasteiger partial charge in [0.15, 0.2) is 0 Å². The maximum atomic E-state index is 12.3. The lowest BCUT2D eigenvalue weighted by Crippen LogP contribution is -2.45. The highest BCUT2D eigenvalue weighted by molar-refractivity contribution is 5.76. The number of hydrogen-bond acceptors (Lipinski definition) is 3.